The molecule has 0 unspecified atom stereocenters. The molecule has 6 rings (SSSR count). The smallest absolute Gasteiger partial charge is 0.341 e. The maximum absolute atomic E-state index is 14.5. The number of pyridine rings is 1. The maximum atomic E-state index is 14.5. The minimum atomic E-state index is -4.45. The lowest BCUT2D eigenvalue weighted by Crippen LogP contribution is -2.53. The summed E-state index contributed by atoms with van der Waals surface area (Å²) in [5.74, 6) is 0.0681. The summed E-state index contributed by atoms with van der Waals surface area (Å²) in [5.41, 5.74) is 3.24. The largest absolute Gasteiger partial charge is 0.416 e. The highest BCUT2D eigenvalue weighted by atomic mass is 19.4. The molecule has 0 spiro atoms. The summed E-state index contributed by atoms with van der Waals surface area (Å²) in [4.78, 5) is 39.2. The molecule has 4 aromatic rings. The Hall–Kier alpha value is -4.76. The van der Waals surface area contributed by atoms with Gasteiger partial charge >= 0.3 is 6.18 Å². The average molecular weight is 681 g/mol. The van der Waals surface area contributed by atoms with Crippen LogP contribution in [0.15, 0.2) is 109 Å². The Morgan fingerprint density at radius 2 is 1.50 bits per heavy atom. The zero-order chi connectivity index (χ0) is 34.9. The molecule has 3 heterocycles. The number of halogens is 3. The second kappa shape index (κ2) is 16.3. The maximum Gasteiger partial charge on any atom is 0.416 e. The lowest BCUT2D eigenvalue weighted by atomic mass is 9.94. The SMILES string of the molecule is O=C([C@H](Cc1ccccc1)N(Cc1ccc(-c2ccccn2)cc1)C(=O)/C=C/c1ccc(C(F)(F)F)cc1)N1CCC(CN2CCCC2)CC1. The van der Waals surface area contributed by atoms with Crippen molar-refractivity contribution in [3.05, 3.63) is 132 Å². The van der Waals surface area contributed by atoms with E-state index in [9.17, 15) is 22.8 Å². The minimum absolute atomic E-state index is 0.0881. The number of alkyl halides is 3. The van der Waals surface area contributed by atoms with Crippen LogP contribution in [0.25, 0.3) is 17.3 Å². The van der Waals surface area contributed by atoms with Gasteiger partial charge in [-0.3, -0.25) is 14.6 Å². The first-order valence-corrected chi connectivity index (χ1v) is 17.4. The molecule has 50 heavy (non-hydrogen) atoms. The normalized spacial score (nSPS) is 16.5. The average Bonchev–Trinajstić information content (AvgIpc) is 3.66. The van der Waals surface area contributed by atoms with Crippen LogP contribution in [0.2, 0.25) is 0 Å². The van der Waals surface area contributed by atoms with E-state index in [2.05, 4.69) is 9.88 Å². The first-order chi connectivity index (χ1) is 24.2. The summed E-state index contributed by atoms with van der Waals surface area (Å²) in [5, 5.41) is 0. The zero-order valence-corrected chi connectivity index (χ0v) is 28.1. The van der Waals surface area contributed by atoms with Crippen LogP contribution in [0, 0.1) is 5.92 Å². The minimum Gasteiger partial charge on any atom is -0.341 e. The molecule has 0 radical (unpaired) electrons. The van der Waals surface area contributed by atoms with E-state index in [1.165, 1.54) is 37.1 Å². The van der Waals surface area contributed by atoms with Crippen LogP contribution in [0.3, 0.4) is 0 Å². The molecule has 2 saturated heterocycles. The number of amides is 2. The summed E-state index contributed by atoms with van der Waals surface area (Å²) < 4.78 is 39.5. The summed E-state index contributed by atoms with van der Waals surface area (Å²) in [6.45, 7) is 4.84. The standard InChI is InChI=1S/C41H43F3N4O2/c42-41(43,44)36-18-13-31(14-19-36)15-20-39(49)48(30-33-11-16-35(17-12-33)37-10-4-5-23-45-37)38(28-32-8-2-1-3-9-32)40(50)47-26-21-34(22-27-47)29-46-24-6-7-25-46/h1-5,8-20,23,34,38H,6-7,21-22,24-30H2/b20-15+/t38-/m0/s1. The molecule has 1 atom stereocenters. The third-order valence-electron chi connectivity index (χ3n) is 9.78. The van der Waals surface area contributed by atoms with Gasteiger partial charge in [0, 0.05) is 50.4 Å². The molecule has 2 aliphatic heterocycles. The number of likely N-dealkylation sites (tertiary alicyclic amines) is 2. The highest BCUT2D eigenvalue weighted by molar-refractivity contribution is 5.95. The van der Waals surface area contributed by atoms with E-state index >= 15 is 0 Å². The van der Waals surface area contributed by atoms with Crippen molar-refractivity contribution in [1.29, 1.82) is 0 Å². The van der Waals surface area contributed by atoms with Crippen LogP contribution in [-0.2, 0) is 28.7 Å². The van der Waals surface area contributed by atoms with E-state index in [1.54, 1.807) is 11.1 Å². The van der Waals surface area contributed by atoms with Gasteiger partial charge in [0.2, 0.25) is 11.8 Å². The number of rotatable bonds is 11. The number of hydrogen-bond acceptors (Lipinski definition) is 4. The van der Waals surface area contributed by atoms with Crippen molar-refractivity contribution < 1.29 is 22.8 Å². The molecule has 260 valence electrons. The molecule has 0 aliphatic carbocycles. The number of aromatic nitrogens is 1. The van der Waals surface area contributed by atoms with Crippen molar-refractivity contribution in [3.8, 4) is 11.3 Å². The number of piperidine rings is 1. The Balaban J connectivity index is 1.27. The highest BCUT2D eigenvalue weighted by Gasteiger charge is 2.35. The molecule has 2 fully saturated rings. The van der Waals surface area contributed by atoms with Crippen LogP contribution in [0.5, 0.6) is 0 Å². The molecule has 6 nitrogen and oxygen atoms in total. The Bertz CT molecular complexity index is 1710. The summed E-state index contributed by atoms with van der Waals surface area (Å²) in [6.07, 6.45) is 4.85. The van der Waals surface area contributed by atoms with E-state index in [0.29, 0.717) is 31.0 Å². The fraction of sp³-hybridized carbons (Fsp3) is 0.341. The molecule has 9 heteroatoms. The molecular formula is C41H43F3N4O2. The molecule has 0 bridgehead atoms. The van der Waals surface area contributed by atoms with Gasteiger partial charge in [0.1, 0.15) is 6.04 Å². The second-order valence-electron chi connectivity index (χ2n) is 13.3. The Kier molecular flexibility index (Phi) is 11.4. The van der Waals surface area contributed by atoms with Crippen molar-refractivity contribution >= 4 is 17.9 Å². The Morgan fingerprint density at radius 1 is 0.820 bits per heavy atom. The quantitative estimate of drug-likeness (QED) is 0.152. The predicted molar refractivity (Wildman–Crippen MR) is 190 cm³/mol. The van der Waals surface area contributed by atoms with Gasteiger partial charge in [-0.25, -0.2) is 0 Å². The van der Waals surface area contributed by atoms with Crippen LogP contribution in [0.4, 0.5) is 13.2 Å². The number of nitrogens with zero attached hydrogens (tertiary/aromatic N) is 4. The number of carbonyl (C=O) groups is 2. The van der Waals surface area contributed by atoms with E-state index in [1.807, 2.05) is 77.7 Å². The van der Waals surface area contributed by atoms with E-state index in [-0.39, 0.29) is 12.5 Å². The highest BCUT2D eigenvalue weighted by Crippen LogP contribution is 2.29. The molecular weight excluding hydrogens is 637 g/mol. The molecule has 2 amide bonds. The lowest BCUT2D eigenvalue weighted by molar-refractivity contribution is -0.145. The van der Waals surface area contributed by atoms with E-state index < -0.39 is 23.7 Å². The lowest BCUT2D eigenvalue weighted by Gasteiger charge is -2.38. The molecule has 0 N–H and O–H groups in total. The van der Waals surface area contributed by atoms with Crippen LogP contribution < -0.4 is 0 Å². The monoisotopic (exact) mass is 680 g/mol. The third-order valence-corrected chi connectivity index (χ3v) is 9.78. The van der Waals surface area contributed by atoms with Gasteiger partial charge in [-0.1, -0.05) is 72.8 Å². The number of hydrogen-bond donors (Lipinski definition) is 0. The van der Waals surface area contributed by atoms with Crippen molar-refractivity contribution in [2.24, 2.45) is 5.92 Å². The van der Waals surface area contributed by atoms with Gasteiger partial charge in [0.15, 0.2) is 0 Å². The van der Waals surface area contributed by atoms with Gasteiger partial charge in [-0.2, -0.15) is 13.2 Å². The summed E-state index contributed by atoms with van der Waals surface area (Å²) in [6, 6.07) is 27.1. The van der Waals surface area contributed by atoms with Gasteiger partial charge < -0.3 is 14.7 Å². The van der Waals surface area contributed by atoms with Crippen molar-refractivity contribution in [2.45, 2.75) is 50.9 Å². The first kappa shape index (κ1) is 35.1. The Labute approximate surface area is 292 Å². The third kappa shape index (κ3) is 9.27. The second-order valence-corrected chi connectivity index (χ2v) is 13.3. The van der Waals surface area contributed by atoms with Gasteiger partial charge in [-0.05, 0) is 91.7 Å². The predicted octanol–water partition coefficient (Wildman–Crippen LogP) is 7.76. The Morgan fingerprint density at radius 3 is 2.14 bits per heavy atom. The van der Waals surface area contributed by atoms with Crippen molar-refractivity contribution in [2.75, 3.05) is 32.7 Å². The topological polar surface area (TPSA) is 56.8 Å². The van der Waals surface area contributed by atoms with Crippen LogP contribution in [-0.4, -0.2) is 70.3 Å². The molecule has 1 aromatic heterocycles. The molecule has 2 aliphatic rings. The molecule has 0 saturated carbocycles. The van der Waals surface area contributed by atoms with Crippen LogP contribution in [0.1, 0.15) is 47.9 Å². The zero-order valence-electron chi connectivity index (χ0n) is 28.1. The van der Waals surface area contributed by atoms with Crippen molar-refractivity contribution in [3.63, 3.8) is 0 Å². The van der Waals surface area contributed by atoms with Gasteiger partial charge in [-0.15, -0.1) is 0 Å². The first-order valence-electron chi connectivity index (χ1n) is 17.4. The summed E-state index contributed by atoms with van der Waals surface area (Å²) >= 11 is 0. The molecule has 3 aromatic carbocycles. The van der Waals surface area contributed by atoms with E-state index in [0.717, 1.165) is 67.0 Å². The van der Waals surface area contributed by atoms with Gasteiger partial charge in [0.25, 0.3) is 0 Å². The van der Waals surface area contributed by atoms with Crippen molar-refractivity contribution in [1.82, 2.24) is 19.7 Å². The fourth-order valence-electron chi connectivity index (χ4n) is 6.94. The number of carbonyl (C=O) groups excluding carboxylic acids is 2. The number of benzene rings is 3. The van der Waals surface area contributed by atoms with E-state index in [4.69, 9.17) is 0 Å². The summed E-state index contributed by atoms with van der Waals surface area (Å²) in [7, 11) is 0. The van der Waals surface area contributed by atoms with Crippen LogP contribution >= 0.6 is 0 Å². The van der Waals surface area contributed by atoms with Gasteiger partial charge in [0.05, 0.1) is 11.3 Å². The fourth-order valence-corrected chi connectivity index (χ4v) is 6.94.